The Bertz CT molecular complexity index is 6800. The maximum absolute atomic E-state index is 7.30. The molecule has 0 unspecified atom stereocenters. The zero-order valence-corrected chi connectivity index (χ0v) is 50.8. The summed E-state index contributed by atoms with van der Waals surface area (Å²) in [7, 11) is 0. The third-order valence-electron chi connectivity index (χ3n) is 20.7. The molecule has 2 aromatic heterocycles. The van der Waals surface area contributed by atoms with Gasteiger partial charge in [-0.05, 0) is 223 Å². The molecule has 0 aliphatic carbocycles. The minimum atomic E-state index is 0.876. The van der Waals surface area contributed by atoms with Crippen molar-refractivity contribution < 1.29 is 8.83 Å². The molecule has 0 spiro atoms. The van der Waals surface area contributed by atoms with Gasteiger partial charge < -0.3 is 8.83 Å². The maximum atomic E-state index is 7.30. The van der Waals surface area contributed by atoms with Gasteiger partial charge in [0.25, 0.3) is 0 Å². The van der Waals surface area contributed by atoms with Crippen LogP contribution in [0, 0.1) is 0 Å². The Kier molecular flexibility index (Phi) is 10.7. The van der Waals surface area contributed by atoms with Crippen LogP contribution in [0.1, 0.15) is 0 Å². The molecule has 0 aliphatic heterocycles. The van der Waals surface area contributed by atoms with Crippen LogP contribution >= 0.6 is 0 Å². The van der Waals surface area contributed by atoms with Crippen molar-refractivity contribution in [2.45, 2.75) is 0 Å². The van der Waals surface area contributed by atoms with E-state index in [1.165, 1.54) is 157 Å². The maximum Gasteiger partial charge on any atom is 0.143 e. The highest BCUT2D eigenvalue weighted by molar-refractivity contribution is 6.33. The van der Waals surface area contributed by atoms with E-state index >= 15 is 0 Å². The summed E-state index contributed by atoms with van der Waals surface area (Å²) in [6.45, 7) is 0. The molecule has 2 nitrogen and oxygen atoms in total. The largest absolute Gasteiger partial charge is 0.456 e. The van der Waals surface area contributed by atoms with E-state index in [1.54, 1.807) is 0 Å². The molecule has 0 bridgehead atoms. The summed E-state index contributed by atoms with van der Waals surface area (Å²) in [4.78, 5) is 0. The van der Waals surface area contributed by atoms with Gasteiger partial charge in [-0.15, -0.1) is 0 Å². The second-order valence-corrected chi connectivity index (χ2v) is 25.6. The van der Waals surface area contributed by atoms with E-state index in [0.717, 1.165) is 60.6 Å². The zero-order valence-electron chi connectivity index (χ0n) is 50.8. The molecule has 2 heterocycles. The topological polar surface area (TPSA) is 26.3 Å². The molecule has 0 saturated heterocycles. The van der Waals surface area contributed by atoms with E-state index in [0.29, 0.717) is 0 Å². The van der Waals surface area contributed by atoms with Crippen LogP contribution in [0.2, 0.25) is 0 Å². The van der Waals surface area contributed by atoms with Gasteiger partial charge in [-0.2, -0.15) is 0 Å². The van der Waals surface area contributed by atoms with Gasteiger partial charge in [0.2, 0.25) is 0 Å². The van der Waals surface area contributed by atoms with Crippen LogP contribution in [-0.2, 0) is 0 Å². The molecular weight excluding hydrogens is 1140 g/mol. The first-order valence-corrected chi connectivity index (χ1v) is 32.5. The van der Waals surface area contributed by atoms with E-state index in [1.807, 2.05) is 0 Å². The second kappa shape index (κ2) is 19.6. The van der Waals surface area contributed by atoms with E-state index in [2.05, 4.69) is 315 Å². The fourth-order valence-corrected chi connectivity index (χ4v) is 16.7. The highest BCUT2D eigenvalue weighted by atomic mass is 16.3. The Labute approximate surface area is 539 Å². The van der Waals surface area contributed by atoms with Crippen LogP contribution in [0.3, 0.4) is 0 Å². The van der Waals surface area contributed by atoms with Crippen LogP contribution in [0.15, 0.2) is 324 Å². The minimum Gasteiger partial charge on any atom is -0.456 e. The van der Waals surface area contributed by atoms with Crippen LogP contribution < -0.4 is 0 Å². The van der Waals surface area contributed by atoms with Gasteiger partial charge in [0.1, 0.15) is 22.3 Å². The number of fused-ring (bicyclic) bond motifs is 21. The first-order chi connectivity index (χ1) is 46.6. The van der Waals surface area contributed by atoms with Gasteiger partial charge in [0.15, 0.2) is 0 Å². The van der Waals surface area contributed by atoms with Crippen molar-refractivity contribution in [3.8, 4) is 55.6 Å². The lowest BCUT2D eigenvalue weighted by molar-refractivity contribution is 0.669. The lowest BCUT2D eigenvalue weighted by Gasteiger charge is -2.20. The van der Waals surface area contributed by atoms with E-state index in [-0.39, 0.29) is 0 Å². The quantitative estimate of drug-likeness (QED) is 0.127. The average molecular weight is 1190 g/mol. The second-order valence-electron chi connectivity index (χ2n) is 25.6. The van der Waals surface area contributed by atoms with E-state index in [4.69, 9.17) is 8.83 Å². The lowest BCUT2D eigenvalue weighted by Crippen LogP contribution is -1.93. The summed E-state index contributed by atoms with van der Waals surface area (Å²) < 4.78 is 13.9. The molecule has 2 heteroatoms. The molecule has 94 heavy (non-hydrogen) atoms. The van der Waals surface area contributed by atoms with Crippen molar-refractivity contribution in [3.63, 3.8) is 0 Å². The summed E-state index contributed by atoms with van der Waals surface area (Å²) in [5, 5.41) is 31.3. The fourth-order valence-electron chi connectivity index (χ4n) is 16.7. The highest BCUT2D eigenvalue weighted by Gasteiger charge is 2.26. The summed E-state index contributed by atoms with van der Waals surface area (Å²) in [6.07, 6.45) is 0. The third kappa shape index (κ3) is 7.31. The molecule has 0 atom stereocenters. The molecule has 21 rings (SSSR count). The first-order valence-electron chi connectivity index (χ1n) is 32.5. The molecule has 0 radical (unpaired) electrons. The monoisotopic (exact) mass is 1190 g/mol. The smallest absolute Gasteiger partial charge is 0.143 e. The summed E-state index contributed by atoms with van der Waals surface area (Å²) >= 11 is 0. The van der Waals surface area contributed by atoms with Crippen molar-refractivity contribution in [2.24, 2.45) is 0 Å². The number of hydrogen-bond donors (Lipinski definition) is 0. The van der Waals surface area contributed by atoms with Gasteiger partial charge in [0.05, 0.1) is 0 Å². The summed E-state index contributed by atoms with van der Waals surface area (Å²) in [6, 6.07) is 117. The predicted octanol–water partition coefficient (Wildman–Crippen LogP) is 26.5. The Morgan fingerprint density at radius 3 is 1.20 bits per heavy atom. The highest BCUT2D eigenvalue weighted by Crippen LogP contribution is 2.53. The van der Waals surface area contributed by atoms with Crippen molar-refractivity contribution >= 4 is 162 Å². The van der Waals surface area contributed by atoms with Gasteiger partial charge in [-0.3, -0.25) is 0 Å². The van der Waals surface area contributed by atoms with Crippen molar-refractivity contribution in [1.82, 2.24) is 0 Å². The summed E-state index contributed by atoms with van der Waals surface area (Å²) in [5.74, 6) is 0. The van der Waals surface area contributed by atoms with E-state index < -0.39 is 0 Å². The standard InChI is InChI=1S/C92H52O2/c1-5-22-64-53(18-1)41-46-82-88(64)90-77(34-17-35-81(90)93-82)85-71-28-11-9-26-69(71)84(70-27-10-12-29-72(70)85)60-40-43-63-57(48-60)38-39-59-50-61-49-58(37-36-55(61)51-79(59)63)66-44-45-78(91-89-65-23-6-2-19-54(65)42-47-83(89)94-92(66)91)86-73-30-13-15-32-75(73)87(76-33-16-14-31-74(76)86)80-52-56-20-3-4-21-62(56)67-24-7-8-25-68(67)80/h1-52H. The van der Waals surface area contributed by atoms with Crippen LogP contribution in [-0.4, -0.2) is 0 Å². The van der Waals surface area contributed by atoms with Gasteiger partial charge >= 0.3 is 0 Å². The molecule has 432 valence electrons. The van der Waals surface area contributed by atoms with Crippen molar-refractivity contribution in [2.75, 3.05) is 0 Å². The number of furan rings is 2. The molecule has 19 aromatic carbocycles. The first kappa shape index (κ1) is 51.4. The van der Waals surface area contributed by atoms with Gasteiger partial charge in [-0.1, -0.05) is 261 Å². The molecule has 21 aromatic rings. The Morgan fingerprint density at radius 2 is 0.574 bits per heavy atom. The SMILES string of the molecule is c1ccc2c(c1)cc(-c1c3ccccc3c(-c3ccc(-c4ccc5cc6c(ccc7cc(-c8c9ccccc9c(-c9cccc%10oc%11ccc%12ccccc%12c%11c9%10)c9ccccc89)ccc76)cc5c4)c4oc5ccc6ccccc6c5c34)c3ccccc13)c1ccccc12. The number of hydrogen-bond acceptors (Lipinski definition) is 2. The minimum absolute atomic E-state index is 0.876. The van der Waals surface area contributed by atoms with Crippen LogP contribution in [0.4, 0.5) is 0 Å². The van der Waals surface area contributed by atoms with Crippen LogP contribution in [0.5, 0.6) is 0 Å². The molecular formula is C92H52O2. The fraction of sp³-hybridized carbons (Fsp3) is 0. The molecule has 0 N–H and O–H groups in total. The Hall–Kier alpha value is -12.4. The number of benzene rings is 19. The number of rotatable bonds is 5. The third-order valence-corrected chi connectivity index (χ3v) is 20.7. The zero-order chi connectivity index (χ0) is 61.3. The average Bonchev–Trinajstić information content (AvgIpc) is 1.07. The van der Waals surface area contributed by atoms with E-state index in [9.17, 15) is 0 Å². The normalized spacial score (nSPS) is 12.3. The predicted molar refractivity (Wildman–Crippen MR) is 401 cm³/mol. The molecule has 0 amide bonds. The van der Waals surface area contributed by atoms with Crippen LogP contribution in [0.25, 0.3) is 218 Å². The summed E-state index contributed by atoms with van der Waals surface area (Å²) in [5.41, 5.74) is 15.4. The van der Waals surface area contributed by atoms with Crippen molar-refractivity contribution in [1.29, 1.82) is 0 Å². The van der Waals surface area contributed by atoms with Crippen molar-refractivity contribution in [3.05, 3.63) is 315 Å². The molecule has 0 fully saturated rings. The lowest BCUT2D eigenvalue weighted by atomic mass is 9.82. The molecule has 0 saturated carbocycles. The molecule has 0 aliphatic rings. The van der Waals surface area contributed by atoms with Gasteiger partial charge in [0, 0.05) is 27.1 Å². The van der Waals surface area contributed by atoms with Gasteiger partial charge in [-0.25, -0.2) is 0 Å². The Balaban J connectivity index is 0.720. The Morgan fingerprint density at radius 1 is 0.160 bits per heavy atom.